The van der Waals surface area contributed by atoms with Crippen molar-refractivity contribution < 1.29 is 4.79 Å². The molecule has 0 aromatic carbocycles. The van der Waals surface area contributed by atoms with Crippen LogP contribution < -0.4 is 5.32 Å². The summed E-state index contributed by atoms with van der Waals surface area (Å²) in [5, 5.41) is 11.1. The van der Waals surface area contributed by atoms with E-state index in [9.17, 15) is 4.79 Å². The molecular weight excluding hydrogens is 533 g/mol. The number of hydrogen-bond acceptors (Lipinski definition) is 8. The molecule has 4 rings (SSSR count). The number of nitrogens with one attached hydrogen (secondary N) is 2. The topological polar surface area (TPSA) is 96.5 Å². The molecule has 7 nitrogen and oxygen atoms in total. The van der Waals surface area contributed by atoms with Gasteiger partial charge in [-0.15, -0.1) is 0 Å². The van der Waals surface area contributed by atoms with Gasteiger partial charge in [-0.3, -0.25) is 15.2 Å². The Balaban J connectivity index is 1.68. The molecule has 2 aliphatic carbocycles. The molecule has 0 aliphatic heterocycles. The molecule has 2 N–H and O–H groups in total. The predicted molar refractivity (Wildman–Crippen MR) is 160 cm³/mol. The van der Waals surface area contributed by atoms with E-state index in [0.29, 0.717) is 16.6 Å². The van der Waals surface area contributed by atoms with E-state index < -0.39 is 0 Å². The minimum atomic E-state index is -0.156. The van der Waals surface area contributed by atoms with Gasteiger partial charge in [0.25, 0.3) is 5.91 Å². The molecule has 0 spiro atoms. The molecule has 2 aromatic heterocycles. The summed E-state index contributed by atoms with van der Waals surface area (Å²) in [6.07, 6.45) is 17.1. The van der Waals surface area contributed by atoms with Gasteiger partial charge in [0.05, 0.1) is 5.57 Å². The monoisotopic (exact) mass is 566 g/mol. The number of allylic oxidation sites excluding steroid dienone is 9. The summed E-state index contributed by atoms with van der Waals surface area (Å²) in [6.45, 7) is 10.5. The number of thioether (sulfide) groups is 2. The molecule has 0 atom stereocenters. The maximum atomic E-state index is 13.8. The number of rotatable bonds is 11. The third-order valence-electron chi connectivity index (χ3n) is 6.22. The van der Waals surface area contributed by atoms with Crippen molar-refractivity contribution >= 4 is 46.1 Å². The Morgan fingerprint density at radius 2 is 2.03 bits per heavy atom. The highest BCUT2D eigenvalue weighted by Gasteiger charge is 2.28. The van der Waals surface area contributed by atoms with Crippen LogP contribution in [0, 0.1) is 0 Å². The normalized spacial score (nSPS) is 17.3. The number of hydrogen-bond donors (Lipinski definition) is 2. The number of H-pyrrole nitrogens is 1. The molecule has 2 aliphatic rings. The fourth-order valence-electron chi connectivity index (χ4n) is 3.80. The SMILES string of the molecule is CCC1=CC(SC(=C/C=C(\C)Sc2ncn[nH]2)/C(C(=O)Nc2nc(C3CC3)ns2)=C(\C)CC)=CC=C(C)C1. The highest BCUT2D eigenvalue weighted by atomic mass is 32.2. The average molecular weight is 567 g/mol. The number of carbonyl (C=O) groups excluding carboxylic acids is 1. The lowest BCUT2D eigenvalue weighted by molar-refractivity contribution is -0.112. The highest BCUT2D eigenvalue weighted by molar-refractivity contribution is 8.07. The minimum absolute atomic E-state index is 0.156. The van der Waals surface area contributed by atoms with Gasteiger partial charge in [0.15, 0.2) is 5.16 Å². The largest absolute Gasteiger partial charge is 0.297 e. The zero-order valence-corrected chi connectivity index (χ0v) is 24.9. The van der Waals surface area contributed by atoms with E-state index in [-0.39, 0.29) is 5.91 Å². The fraction of sp³-hybridized carbons (Fsp3) is 0.393. The molecule has 1 saturated carbocycles. The van der Waals surface area contributed by atoms with Gasteiger partial charge < -0.3 is 0 Å². The first-order valence-electron chi connectivity index (χ1n) is 12.9. The van der Waals surface area contributed by atoms with Crippen LogP contribution in [0.2, 0.25) is 0 Å². The van der Waals surface area contributed by atoms with E-state index in [1.54, 1.807) is 11.8 Å². The number of aromatic amines is 1. The Kier molecular flexibility index (Phi) is 9.98. The standard InChI is InChI=1S/C28H34N6OS3/c1-6-18(4)24(26(35)32-28-31-25(34-38-28)21-10-11-21)23(13-9-19(5)36-27-29-16-30-33-27)37-22-12-8-17(3)14-20(7-2)15-22/h8-9,12-13,15-16,21H,6-7,10-11,14H2,1-5H3,(H,29,30,33)(H,31,32,34,35)/b19-9+,23-13+,24-18-. The molecule has 2 heterocycles. The first-order valence-corrected chi connectivity index (χ1v) is 15.3. The molecule has 0 unspecified atom stereocenters. The number of anilines is 1. The van der Waals surface area contributed by atoms with Crippen molar-refractivity contribution in [3.63, 3.8) is 0 Å². The van der Waals surface area contributed by atoms with Crippen LogP contribution in [0.4, 0.5) is 5.13 Å². The molecule has 0 bridgehead atoms. The molecule has 2 aromatic rings. The van der Waals surface area contributed by atoms with Gasteiger partial charge >= 0.3 is 0 Å². The molecule has 10 heteroatoms. The fourth-order valence-corrected chi connectivity index (χ4v) is 6.20. The Labute approximate surface area is 237 Å². The van der Waals surface area contributed by atoms with Crippen LogP contribution >= 0.6 is 35.1 Å². The molecule has 0 saturated heterocycles. The maximum absolute atomic E-state index is 13.8. The van der Waals surface area contributed by atoms with E-state index in [0.717, 1.165) is 63.4 Å². The smallest absolute Gasteiger partial charge is 0.258 e. The van der Waals surface area contributed by atoms with Crippen molar-refractivity contribution in [2.75, 3.05) is 5.32 Å². The second-order valence-corrected chi connectivity index (χ2v) is 12.5. The summed E-state index contributed by atoms with van der Waals surface area (Å²) in [4.78, 5) is 25.6. The molecule has 200 valence electrons. The van der Waals surface area contributed by atoms with Gasteiger partial charge in [-0.1, -0.05) is 66.2 Å². The first kappa shape index (κ1) is 28.3. The van der Waals surface area contributed by atoms with Gasteiger partial charge in [-0.25, -0.2) is 9.97 Å². The van der Waals surface area contributed by atoms with Crippen LogP contribution in [0.25, 0.3) is 0 Å². The number of aromatic nitrogens is 5. The van der Waals surface area contributed by atoms with Crippen molar-refractivity contribution in [3.8, 4) is 0 Å². The van der Waals surface area contributed by atoms with Crippen LogP contribution in [-0.4, -0.2) is 30.4 Å². The van der Waals surface area contributed by atoms with Crippen LogP contribution in [0.15, 0.2) is 78.9 Å². The van der Waals surface area contributed by atoms with Gasteiger partial charge in [0.1, 0.15) is 12.2 Å². The Bertz CT molecular complexity index is 1340. The van der Waals surface area contributed by atoms with Crippen LogP contribution in [0.5, 0.6) is 0 Å². The van der Waals surface area contributed by atoms with Crippen molar-refractivity contribution in [1.29, 1.82) is 0 Å². The Hall–Kier alpha value is -2.69. The van der Waals surface area contributed by atoms with E-state index >= 15 is 0 Å². The number of amides is 1. The Morgan fingerprint density at radius 1 is 1.21 bits per heavy atom. The summed E-state index contributed by atoms with van der Waals surface area (Å²) < 4.78 is 4.45. The summed E-state index contributed by atoms with van der Waals surface area (Å²) >= 11 is 4.38. The van der Waals surface area contributed by atoms with Gasteiger partial charge in [0.2, 0.25) is 5.13 Å². The number of carbonyl (C=O) groups is 1. The number of nitrogens with zero attached hydrogens (tertiary/aromatic N) is 4. The van der Waals surface area contributed by atoms with Crippen LogP contribution in [0.3, 0.4) is 0 Å². The zero-order chi connectivity index (χ0) is 27.1. The van der Waals surface area contributed by atoms with Crippen LogP contribution in [-0.2, 0) is 4.79 Å². The molecule has 0 radical (unpaired) electrons. The summed E-state index contributed by atoms with van der Waals surface area (Å²) in [5.41, 5.74) is 4.40. The highest BCUT2D eigenvalue weighted by Crippen LogP contribution is 2.40. The quantitative estimate of drug-likeness (QED) is 0.161. The van der Waals surface area contributed by atoms with Gasteiger partial charge in [-0.2, -0.15) is 9.47 Å². The lowest BCUT2D eigenvalue weighted by Crippen LogP contribution is -2.17. The lowest BCUT2D eigenvalue weighted by atomic mass is 10.1. The van der Waals surface area contributed by atoms with Gasteiger partial charge in [0, 0.05) is 27.3 Å². The van der Waals surface area contributed by atoms with Crippen LogP contribution in [0.1, 0.15) is 78.5 Å². The third-order valence-corrected chi connectivity index (χ3v) is 8.76. The molecular formula is C28H34N6OS3. The average Bonchev–Trinajstić information content (AvgIpc) is 3.49. The Morgan fingerprint density at radius 3 is 2.71 bits per heavy atom. The predicted octanol–water partition coefficient (Wildman–Crippen LogP) is 8.08. The van der Waals surface area contributed by atoms with Gasteiger partial charge in [-0.05, 0) is 76.0 Å². The van der Waals surface area contributed by atoms with Crippen molar-refractivity contribution in [2.45, 2.75) is 77.8 Å². The molecule has 38 heavy (non-hydrogen) atoms. The second-order valence-electron chi connectivity index (χ2n) is 9.41. The summed E-state index contributed by atoms with van der Waals surface area (Å²) in [6, 6.07) is 0. The van der Waals surface area contributed by atoms with Crippen molar-refractivity contribution in [1.82, 2.24) is 24.5 Å². The maximum Gasteiger partial charge on any atom is 0.258 e. The summed E-state index contributed by atoms with van der Waals surface area (Å²) in [7, 11) is 0. The van der Waals surface area contributed by atoms with E-state index in [1.807, 2.05) is 26.0 Å². The van der Waals surface area contributed by atoms with E-state index in [1.165, 1.54) is 40.8 Å². The molecule has 1 fully saturated rings. The lowest BCUT2D eigenvalue weighted by Gasteiger charge is -2.15. The molecule has 1 amide bonds. The van der Waals surface area contributed by atoms with E-state index in [4.69, 9.17) is 0 Å². The van der Waals surface area contributed by atoms with Crippen molar-refractivity contribution in [2.24, 2.45) is 0 Å². The summed E-state index contributed by atoms with van der Waals surface area (Å²) in [5.74, 6) is 1.14. The van der Waals surface area contributed by atoms with E-state index in [2.05, 4.69) is 68.9 Å². The van der Waals surface area contributed by atoms with Crippen molar-refractivity contribution in [3.05, 3.63) is 79.5 Å². The minimum Gasteiger partial charge on any atom is -0.297 e. The third kappa shape index (κ3) is 7.91. The first-order chi connectivity index (χ1) is 18.4. The zero-order valence-electron chi connectivity index (χ0n) is 22.5. The second kappa shape index (κ2) is 13.4.